The van der Waals surface area contributed by atoms with Crippen molar-refractivity contribution in [2.45, 2.75) is 31.2 Å². The first-order chi connectivity index (χ1) is 12.0. The van der Waals surface area contributed by atoms with Crippen molar-refractivity contribution < 1.29 is 14.3 Å². The van der Waals surface area contributed by atoms with Gasteiger partial charge in [0, 0.05) is 24.5 Å². The van der Waals surface area contributed by atoms with Crippen LogP contribution in [0.4, 0.5) is 11.4 Å². The van der Waals surface area contributed by atoms with Crippen molar-refractivity contribution in [2.75, 3.05) is 43.5 Å². The molecule has 25 heavy (non-hydrogen) atoms. The fourth-order valence-electron chi connectivity index (χ4n) is 3.29. The lowest BCUT2D eigenvalue weighted by Crippen LogP contribution is -2.48. The van der Waals surface area contributed by atoms with E-state index in [1.54, 1.807) is 24.3 Å². The Labute approximate surface area is 147 Å². The van der Waals surface area contributed by atoms with Crippen LogP contribution in [0.2, 0.25) is 0 Å². The number of ether oxygens (including phenoxy) is 1. The summed E-state index contributed by atoms with van der Waals surface area (Å²) in [4.78, 5) is 26.4. The third-order valence-corrected chi connectivity index (χ3v) is 4.85. The number of hydrogen-bond acceptors (Lipinski definition) is 5. The van der Waals surface area contributed by atoms with E-state index in [-0.39, 0.29) is 11.8 Å². The molecule has 1 heterocycles. The van der Waals surface area contributed by atoms with Crippen LogP contribution >= 0.6 is 0 Å². The minimum atomic E-state index is -0.745. The molecule has 0 spiro atoms. The number of morpholine rings is 1. The lowest BCUT2D eigenvalue weighted by Gasteiger charge is -2.25. The SMILES string of the molecule is NC1(C(=O)Nc2ccc(NC(=O)CN3CCOCC3)cc2)CCCC1. The molecule has 2 fully saturated rings. The predicted molar refractivity (Wildman–Crippen MR) is 96.3 cm³/mol. The number of benzene rings is 1. The van der Waals surface area contributed by atoms with Gasteiger partial charge in [0.2, 0.25) is 11.8 Å². The summed E-state index contributed by atoms with van der Waals surface area (Å²) in [5.74, 6) is -0.181. The van der Waals surface area contributed by atoms with Crippen LogP contribution in [0.15, 0.2) is 24.3 Å². The highest BCUT2D eigenvalue weighted by Crippen LogP contribution is 2.28. The minimum absolute atomic E-state index is 0.0504. The number of nitrogens with two attached hydrogens (primary N) is 1. The predicted octanol–water partition coefficient (Wildman–Crippen LogP) is 1.17. The van der Waals surface area contributed by atoms with E-state index in [9.17, 15) is 9.59 Å². The summed E-state index contributed by atoms with van der Waals surface area (Å²) < 4.78 is 5.27. The van der Waals surface area contributed by atoms with Gasteiger partial charge in [-0.2, -0.15) is 0 Å². The van der Waals surface area contributed by atoms with Crippen molar-refractivity contribution >= 4 is 23.2 Å². The number of amides is 2. The lowest BCUT2D eigenvalue weighted by molar-refractivity contribution is -0.121. The Balaban J connectivity index is 1.49. The Morgan fingerprint density at radius 3 is 2.20 bits per heavy atom. The molecule has 136 valence electrons. The van der Waals surface area contributed by atoms with E-state index in [0.717, 1.165) is 38.8 Å². The van der Waals surface area contributed by atoms with E-state index >= 15 is 0 Å². The molecule has 2 amide bonds. The van der Waals surface area contributed by atoms with Gasteiger partial charge >= 0.3 is 0 Å². The Hall–Kier alpha value is -1.96. The average molecular weight is 346 g/mol. The van der Waals surface area contributed by atoms with E-state index in [0.29, 0.717) is 31.1 Å². The van der Waals surface area contributed by atoms with Gasteiger partial charge in [0.1, 0.15) is 0 Å². The fraction of sp³-hybridized carbons (Fsp3) is 0.556. The topological polar surface area (TPSA) is 96.7 Å². The normalized spacial score (nSPS) is 20.2. The van der Waals surface area contributed by atoms with Crippen LogP contribution in [0.5, 0.6) is 0 Å². The Morgan fingerprint density at radius 2 is 1.60 bits per heavy atom. The fourth-order valence-corrected chi connectivity index (χ4v) is 3.29. The maximum absolute atomic E-state index is 12.3. The summed E-state index contributed by atoms with van der Waals surface area (Å²) in [5.41, 5.74) is 6.80. The number of carbonyl (C=O) groups excluding carboxylic acids is 2. The third kappa shape index (κ3) is 4.78. The number of nitrogens with one attached hydrogen (secondary N) is 2. The Morgan fingerprint density at radius 1 is 1.04 bits per heavy atom. The second kappa shape index (κ2) is 7.95. The second-order valence-electron chi connectivity index (χ2n) is 6.83. The van der Waals surface area contributed by atoms with Gasteiger partial charge in [-0.05, 0) is 37.1 Å². The van der Waals surface area contributed by atoms with Gasteiger partial charge in [0.15, 0.2) is 0 Å². The van der Waals surface area contributed by atoms with Gasteiger partial charge in [-0.3, -0.25) is 14.5 Å². The summed E-state index contributed by atoms with van der Waals surface area (Å²) in [6.45, 7) is 3.25. The highest BCUT2D eigenvalue weighted by molar-refractivity contribution is 5.98. The summed E-state index contributed by atoms with van der Waals surface area (Å²) >= 11 is 0. The monoisotopic (exact) mass is 346 g/mol. The molecule has 1 aliphatic heterocycles. The van der Waals surface area contributed by atoms with Crippen LogP contribution in [-0.4, -0.2) is 55.1 Å². The zero-order chi connectivity index (χ0) is 17.7. The first-order valence-electron chi connectivity index (χ1n) is 8.85. The highest BCUT2D eigenvalue weighted by atomic mass is 16.5. The summed E-state index contributed by atoms with van der Waals surface area (Å²) in [7, 11) is 0. The van der Waals surface area contributed by atoms with Gasteiger partial charge < -0.3 is 21.1 Å². The largest absolute Gasteiger partial charge is 0.379 e. The first kappa shape index (κ1) is 17.8. The number of anilines is 2. The molecule has 1 aromatic rings. The zero-order valence-corrected chi connectivity index (χ0v) is 14.4. The van der Waals surface area contributed by atoms with Crippen LogP contribution in [-0.2, 0) is 14.3 Å². The number of carbonyl (C=O) groups is 2. The summed E-state index contributed by atoms with van der Waals surface area (Å²) in [6.07, 6.45) is 3.46. The molecule has 2 aliphatic rings. The molecule has 1 aliphatic carbocycles. The molecule has 0 aromatic heterocycles. The smallest absolute Gasteiger partial charge is 0.244 e. The lowest BCUT2D eigenvalue weighted by atomic mass is 9.98. The molecule has 0 unspecified atom stereocenters. The van der Waals surface area contributed by atoms with Crippen LogP contribution in [0.25, 0.3) is 0 Å². The quantitative estimate of drug-likeness (QED) is 0.744. The van der Waals surface area contributed by atoms with Gasteiger partial charge in [-0.25, -0.2) is 0 Å². The summed E-state index contributed by atoms with van der Waals surface area (Å²) in [6, 6.07) is 7.12. The highest BCUT2D eigenvalue weighted by Gasteiger charge is 2.36. The van der Waals surface area contributed by atoms with E-state index in [1.807, 2.05) is 0 Å². The first-order valence-corrected chi connectivity index (χ1v) is 8.85. The summed E-state index contributed by atoms with van der Waals surface area (Å²) in [5, 5.41) is 5.75. The molecule has 0 radical (unpaired) electrons. The maximum atomic E-state index is 12.3. The molecule has 1 saturated carbocycles. The average Bonchev–Trinajstić information content (AvgIpc) is 3.05. The van der Waals surface area contributed by atoms with Crippen molar-refractivity contribution in [3.63, 3.8) is 0 Å². The maximum Gasteiger partial charge on any atom is 0.244 e. The van der Waals surface area contributed by atoms with Gasteiger partial charge in [-0.15, -0.1) is 0 Å². The van der Waals surface area contributed by atoms with E-state index < -0.39 is 5.54 Å². The molecular formula is C18H26N4O3. The molecule has 7 nitrogen and oxygen atoms in total. The number of rotatable bonds is 5. The van der Waals surface area contributed by atoms with Gasteiger partial charge in [-0.1, -0.05) is 12.8 Å². The number of nitrogens with zero attached hydrogens (tertiary/aromatic N) is 1. The number of hydrogen-bond donors (Lipinski definition) is 3. The van der Waals surface area contributed by atoms with Gasteiger partial charge in [0.05, 0.1) is 25.3 Å². The molecule has 0 bridgehead atoms. The molecule has 1 aromatic carbocycles. The van der Waals surface area contributed by atoms with E-state index in [4.69, 9.17) is 10.5 Å². The van der Waals surface area contributed by atoms with Crippen LogP contribution in [0.1, 0.15) is 25.7 Å². The van der Waals surface area contributed by atoms with Crippen LogP contribution < -0.4 is 16.4 Å². The van der Waals surface area contributed by atoms with Crippen molar-refractivity contribution in [1.82, 2.24) is 4.90 Å². The zero-order valence-electron chi connectivity index (χ0n) is 14.4. The van der Waals surface area contributed by atoms with Crippen LogP contribution in [0, 0.1) is 0 Å². The molecular weight excluding hydrogens is 320 g/mol. The van der Waals surface area contributed by atoms with E-state index in [1.165, 1.54) is 0 Å². The van der Waals surface area contributed by atoms with Crippen LogP contribution in [0.3, 0.4) is 0 Å². The molecule has 1 saturated heterocycles. The van der Waals surface area contributed by atoms with Crippen molar-refractivity contribution in [1.29, 1.82) is 0 Å². The van der Waals surface area contributed by atoms with Gasteiger partial charge in [0.25, 0.3) is 0 Å². The molecule has 7 heteroatoms. The van der Waals surface area contributed by atoms with Crippen molar-refractivity contribution in [2.24, 2.45) is 5.73 Å². The van der Waals surface area contributed by atoms with Crippen molar-refractivity contribution in [3.8, 4) is 0 Å². The second-order valence-corrected chi connectivity index (χ2v) is 6.83. The molecule has 0 atom stereocenters. The minimum Gasteiger partial charge on any atom is -0.379 e. The standard InChI is InChI=1S/C18H26N4O3/c19-18(7-1-2-8-18)17(24)21-15-5-3-14(4-6-15)20-16(23)13-22-9-11-25-12-10-22/h3-6H,1-2,7-13,19H2,(H,20,23)(H,21,24). The molecule has 4 N–H and O–H groups in total. The Kier molecular flexibility index (Phi) is 5.67. The Bertz CT molecular complexity index is 605. The van der Waals surface area contributed by atoms with Crippen molar-refractivity contribution in [3.05, 3.63) is 24.3 Å². The molecule has 3 rings (SSSR count). The third-order valence-electron chi connectivity index (χ3n) is 4.85. The van der Waals surface area contributed by atoms with E-state index in [2.05, 4.69) is 15.5 Å².